The van der Waals surface area contributed by atoms with Gasteiger partial charge in [-0.25, -0.2) is 4.79 Å². The zero-order chi connectivity index (χ0) is 13.0. The maximum Gasteiger partial charge on any atom is 0.333 e. The van der Waals surface area contributed by atoms with Crippen molar-refractivity contribution in [2.75, 3.05) is 13.7 Å². The standard InChI is InChI=1S/C16H16O3/c1-18-15(17)10-8-11-6-7-19-16(11)13-5-3-2-4-12(13)14(16)9-10/h2-5,9,11,14H,6-8H2,1H3/t11-,14-,16-/m0/s1. The van der Waals surface area contributed by atoms with Crippen LogP contribution in [0.1, 0.15) is 29.9 Å². The highest BCUT2D eigenvalue weighted by molar-refractivity contribution is 5.89. The van der Waals surface area contributed by atoms with E-state index in [0.29, 0.717) is 5.92 Å². The van der Waals surface area contributed by atoms with Gasteiger partial charge in [-0.2, -0.15) is 0 Å². The number of carbonyl (C=O) groups is 1. The molecule has 1 spiro atoms. The van der Waals surface area contributed by atoms with Gasteiger partial charge in [-0.1, -0.05) is 30.3 Å². The van der Waals surface area contributed by atoms with Crippen molar-refractivity contribution >= 4 is 5.97 Å². The van der Waals surface area contributed by atoms with Gasteiger partial charge in [0.1, 0.15) is 5.60 Å². The van der Waals surface area contributed by atoms with Crippen LogP contribution in [-0.2, 0) is 19.9 Å². The van der Waals surface area contributed by atoms with Crippen LogP contribution in [0.4, 0.5) is 0 Å². The van der Waals surface area contributed by atoms with Crippen molar-refractivity contribution in [1.29, 1.82) is 0 Å². The Morgan fingerprint density at radius 2 is 2.26 bits per heavy atom. The van der Waals surface area contributed by atoms with E-state index >= 15 is 0 Å². The lowest BCUT2D eigenvalue weighted by atomic mass is 9.55. The van der Waals surface area contributed by atoms with Crippen LogP contribution >= 0.6 is 0 Å². The summed E-state index contributed by atoms with van der Waals surface area (Å²) in [6, 6.07) is 8.43. The first-order valence-corrected chi connectivity index (χ1v) is 6.79. The molecule has 1 aromatic rings. The molecule has 1 aliphatic heterocycles. The second-order valence-corrected chi connectivity index (χ2v) is 5.58. The third kappa shape index (κ3) is 1.24. The smallest absolute Gasteiger partial charge is 0.333 e. The van der Waals surface area contributed by atoms with Crippen LogP contribution in [0.3, 0.4) is 0 Å². The maximum absolute atomic E-state index is 11.8. The third-order valence-electron chi connectivity index (χ3n) is 4.87. The Hall–Kier alpha value is -1.61. The molecule has 3 nitrogen and oxygen atoms in total. The minimum absolute atomic E-state index is 0.159. The van der Waals surface area contributed by atoms with Crippen LogP contribution in [-0.4, -0.2) is 19.7 Å². The molecule has 98 valence electrons. The summed E-state index contributed by atoms with van der Waals surface area (Å²) in [5, 5.41) is 0. The van der Waals surface area contributed by atoms with Gasteiger partial charge in [0, 0.05) is 18.1 Å². The second-order valence-electron chi connectivity index (χ2n) is 5.58. The van der Waals surface area contributed by atoms with Gasteiger partial charge in [0.2, 0.25) is 0 Å². The van der Waals surface area contributed by atoms with E-state index < -0.39 is 0 Å². The van der Waals surface area contributed by atoms with E-state index in [4.69, 9.17) is 9.47 Å². The Labute approximate surface area is 112 Å². The molecule has 1 fully saturated rings. The number of carbonyl (C=O) groups excluding carboxylic acids is 1. The van der Waals surface area contributed by atoms with E-state index in [-0.39, 0.29) is 17.5 Å². The van der Waals surface area contributed by atoms with Crippen LogP contribution in [0.15, 0.2) is 35.9 Å². The van der Waals surface area contributed by atoms with Crippen LogP contribution in [0.5, 0.6) is 0 Å². The molecule has 3 aliphatic rings. The second kappa shape index (κ2) is 3.70. The molecule has 1 saturated heterocycles. The Morgan fingerprint density at radius 1 is 1.42 bits per heavy atom. The summed E-state index contributed by atoms with van der Waals surface area (Å²) in [6.07, 6.45) is 3.87. The van der Waals surface area contributed by atoms with Gasteiger partial charge in [0.15, 0.2) is 0 Å². The molecular weight excluding hydrogens is 240 g/mol. The summed E-state index contributed by atoms with van der Waals surface area (Å²) in [4.78, 5) is 11.8. The number of benzene rings is 1. The fourth-order valence-electron chi connectivity index (χ4n) is 4.07. The third-order valence-corrected chi connectivity index (χ3v) is 4.87. The first-order chi connectivity index (χ1) is 9.27. The molecule has 0 amide bonds. The minimum atomic E-state index is -0.190. The van der Waals surface area contributed by atoms with Gasteiger partial charge in [-0.15, -0.1) is 0 Å². The van der Waals surface area contributed by atoms with Crippen molar-refractivity contribution < 1.29 is 14.3 Å². The van der Waals surface area contributed by atoms with Gasteiger partial charge >= 0.3 is 5.97 Å². The Balaban J connectivity index is 1.84. The molecule has 4 rings (SSSR count). The van der Waals surface area contributed by atoms with Crippen molar-refractivity contribution in [2.24, 2.45) is 5.92 Å². The number of rotatable bonds is 1. The summed E-state index contributed by atoms with van der Waals surface area (Å²) in [5.41, 5.74) is 3.28. The predicted molar refractivity (Wildman–Crippen MR) is 69.6 cm³/mol. The molecule has 3 atom stereocenters. The Bertz CT molecular complexity index is 589. The van der Waals surface area contributed by atoms with Crippen LogP contribution in [0, 0.1) is 5.92 Å². The van der Waals surface area contributed by atoms with E-state index in [2.05, 4.69) is 30.3 Å². The Morgan fingerprint density at radius 3 is 3.11 bits per heavy atom. The van der Waals surface area contributed by atoms with Crippen LogP contribution < -0.4 is 0 Å². The van der Waals surface area contributed by atoms with Gasteiger partial charge < -0.3 is 9.47 Å². The van der Waals surface area contributed by atoms with E-state index in [1.54, 1.807) is 0 Å². The largest absolute Gasteiger partial charge is 0.466 e. The van der Waals surface area contributed by atoms with E-state index in [0.717, 1.165) is 25.0 Å². The van der Waals surface area contributed by atoms with Crippen molar-refractivity contribution in [2.45, 2.75) is 24.4 Å². The number of ether oxygens (including phenoxy) is 2. The van der Waals surface area contributed by atoms with Crippen molar-refractivity contribution in [3.05, 3.63) is 47.0 Å². The normalized spacial score (nSPS) is 34.5. The van der Waals surface area contributed by atoms with Gasteiger partial charge in [-0.3, -0.25) is 0 Å². The summed E-state index contributed by atoms with van der Waals surface area (Å²) in [7, 11) is 1.45. The highest BCUT2D eigenvalue weighted by Gasteiger charge is 2.61. The topological polar surface area (TPSA) is 35.5 Å². The quantitative estimate of drug-likeness (QED) is 0.724. The predicted octanol–water partition coefficient (Wildman–Crippen LogP) is 2.52. The van der Waals surface area contributed by atoms with E-state index in [1.165, 1.54) is 18.2 Å². The number of fused-ring (bicyclic) bond motifs is 2. The molecule has 3 heteroatoms. The molecule has 2 aliphatic carbocycles. The lowest BCUT2D eigenvalue weighted by Gasteiger charge is -2.52. The number of esters is 1. The first kappa shape index (κ1) is 11.2. The summed E-state index contributed by atoms with van der Waals surface area (Å²) in [6.45, 7) is 0.789. The van der Waals surface area contributed by atoms with Gasteiger partial charge in [0.05, 0.1) is 7.11 Å². The lowest BCUT2D eigenvalue weighted by Crippen LogP contribution is -2.49. The molecule has 0 radical (unpaired) electrons. The van der Waals surface area contributed by atoms with Gasteiger partial charge in [0.25, 0.3) is 0 Å². The number of hydrogen-bond donors (Lipinski definition) is 0. The maximum atomic E-state index is 11.8. The molecule has 0 bridgehead atoms. The molecular formula is C16H16O3. The Kier molecular flexibility index (Phi) is 2.19. The zero-order valence-corrected chi connectivity index (χ0v) is 10.9. The summed E-state index contributed by atoms with van der Waals surface area (Å²) >= 11 is 0. The first-order valence-electron chi connectivity index (χ1n) is 6.79. The fraction of sp³-hybridized carbons (Fsp3) is 0.438. The molecule has 19 heavy (non-hydrogen) atoms. The SMILES string of the molecule is COC(=O)C1=C[C@H]2c3ccccc3[C@]23OCC[C@H]3C1. The van der Waals surface area contributed by atoms with Gasteiger partial charge in [-0.05, 0) is 29.9 Å². The highest BCUT2D eigenvalue weighted by atomic mass is 16.5. The number of hydrogen-bond acceptors (Lipinski definition) is 3. The molecule has 1 aromatic carbocycles. The minimum Gasteiger partial charge on any atom is -0.466 e. The van der Waals surface area contributed by atoms with Crippen molar-refractivity contribution in [3.8, 4) is 0 Å². The zero-order valence-electron chi connectivity index (χ0n) is 10.9. The van der Waals surface area contributed by atoms with Crippen LogP contribution in [0.2, 0.25) is 0 Å². The molecule has 1 heterocycles. The lowest BCUT2D eigenvalue weighted by molar-refractivity contribution is -0.137. The number of methoxy groups -OCH3 is 1. The van der Waals surface area contributed by atoms with E-state index in [1.807, 2.05) is 0 Å². The average molecular weight is 256 g/mol. The fourth-order valence-corrected chi connectivity index (χ4v) is 4.07. The average Bonchev–Trinajstić information content (AvgIpc) is 2.90. The van der Waals surface area contributed by atoms with Crippen LogP contribution in [0.25, 0.3) is 0 Å². The van der Waals surface area contributed by atoms with E-state index in [9.17, 15) is 4.79 Å². The summed E-state index contributed by atoms with van der Waals surface area (Å²) in [5.74, 6) is 0.440. The monoisotopic (exact) mass is 256 g/mol. The summed E-state index contributed by atoms with van der Waals surface area (Å²) < 4.78 is 11.0. The molecule has 0 aromatic heterocycles. The molecule has 0 saturated carbocycles. The highest BCUT2D eigenvalue weighted by Crippen LogP contribution is 2.64. The molecule has 0 unspecified atom stereocenters. The van der Waals surface area contributed by atoms with Crippen molar-refractivity contribution in [1.82, 2.24) is 0 Å². The van der Waals surface area contributed by atoms with Crippen molar-refractivity contribution in [3.63, 3.8) is 0 Å². The molecule has 0 N–H and O–H groups in total.